The zero-order chi connectivity index (χ0) is 56.9. The molecule has 1 nitrogen and oxygen atoms in total. The van der Waals surface area contributed by atoms with Crippen molar-refractivity contribution in [2.75, 3.05) is 4.90 Å². The molecule has 6 bridgehead atoms. The molecule has 0 amide bonds. The van der Waals surface area contributed by atoms with Crippen LogP contribution in [0.5, 0.6) is 0 Å². The number of hydrogen-bond donors (Lipinski definition) is 0. The van der Waals surface area contributed by atoms with Gasteiger partial charge in [0.25, 0.3) is 0 Å². The zero-order valence-corrected chi connectivity index (χ0v) is 49.4. The Labute approximate surface area is 508 Å². The molecule has 11 aromatic rings. The fraction of sp³-hybridized carbons (Fsp3) is 0.224. The number of nitrogens with zero attached hydrogens (tertiary/aromatic N) is 1. The van der Waals surface area contributed by atoms with Crippen molar-refractivity contribution in [3.63, 3.8) is 0 Å². The standard InChI is InChI=1S/C85H71N/c1-82(2)77-50-58(56-23-7-4-8-24-56)39-41-72(77)73-42-40-63(51-78(73)82)86(62-26-19-25-57(49-62)55-21-5-3-6-22-55)79-38-20-35-74-69-32-14-11-29-66(69)60-44-47-83(80(74)79)46-43-59-52-84(75-36-17-15-33-70(75)67-30-12-9-27-64(59)67)48-45-61-54-85(53-60,81(83)84)76-37-18-16-34-71(76)68-31-13-10-28-65(61)68/h3-42,49-51,59-61,81H,43-48,52-54H2,1-2H3. The average molecular weight is 1110 g/mol. The number of fused-ring (bicyclic) bond motifs is 19. The van der Waals surface area contributed by atoms with Crippen molar-refractivity contribution < 1.29 is 0 Å². The Morgan fingerprint density at radius 1 is 0.302 bits per heavy atom. The van der Waals surface area contributed by atoms with E-state index in [0.29, 0.717) is 17.8 Å². The largest absolute Gasteiger partial charge is 0.310 e. The van der Waals surface area contributed by atoms with Gasteiger partial charge in [-0.1, -0.05) is 238 Å². The van der Waals surface area contributed by atoms with Crippen LogP contribution in [0.25, 0.3) is 66.8 Å². The first-order valence-electron chi connectivity index (χ1n) is 32.2. The molecule has 1 heteroatoms. The quantitative estimate of drug-likeness (QED) is 0.166. The molecular weight excluding hydrogens is 1030 g/mol. The summed E-state index contributed by atoms with van der Waals surface area (Å²) in [5.41, 5.74) is 31.5. The minimum absolute atomic E-state index is 0.166. The summed E-state index contributed by atoms with van der Waals surface area (Å²) in [5.74, 6) is 1.46. The number of hydrogen-bond acceptors (Lipinski definition) is 1. The van der Waals surface area contributed by atoms with E-state index >= 15 is 0 Å². The van der Waals surface area contributed by atoms with Crippen molar-refractivity contribution in [3.8, 4) is 66.8 Å². The Morgan fingerprint density at radius 3 is 1.33 bits per heavy atom. The van der Waals surface area contributed by atoms with E-state index in [1.54, 1.807) is 27.8 Å². The van der Waals surface area contributed by atoms with E-state index in [9.17, 15) is 0 Å². The predicted octanol–water partition coefficient (Wildman–Crippen LogP) is 22.4. The molecule has 7 aliphatic rings. The smallest absolute Gasteiger partial charge is 0.0505 e. The van der Waals surface area contributed by atoms with E-state index in [-0.39, 0.29) is 27.6 Å². The summed E-state index contributed by atoms with van der Waals surface area (Å²) in [6.45, 7) is 4.94. The van der Waals surface area contributed by atoms with Gasteiger partial charge in [-0.2, -0.15) is 0 Å². The Hall–Kier alpha value is -8.78. The first-order chi connectivity index (χ1) is 42.3. The Bertz CT molecular complexity index is 4550. The third-order valence-corrected chi connectivity index (χ3v) is 23.3. The Balaban J connectivity index is 0.961. The van der Waals surface area contributed by atoms with E-state index in [0.717, 1.165) is 51.4 Å². The number of rotatable bonds is 5. The lowest BCUT2D eigenvalue weighted by Gasteiger charge is -2.59. The minimum Gasteiger partial charge on any atom is -0.310 e. The fourth-order valence-electron chi connectivity index (χ4n) is 20.2. The molecule has 3 saturated carbocycles. The second-order valence-electron chi connectivity index (χ2n) is 27.5. The van der Waals surface area contributed by atoms with Gasteiger partial charge in [-0.3, -0.25) is 0 Å². The van der Waals surface area contributed by atoms with Gasteiger partial charge in [-0.15, -0.1) is 0 Å². The van der Waals surface area contributed by atoms with Crippen LogP contribution in [0.4, 0.5) is 17.1 Å². The van der Waals surface area contributed by atoms with Gasteiger partial charge in [-0.25, -0.2) is 0 Å². The molecule has 3 fully saturated rings. The molecule has 7 aliphatic carbocycles. The molecule has 86 heavy (non-hydrogen) atoms. The monoisotopic (exact) mass is 1110 g/mol. The first kappa shape index (κ1) is 50.5. The van der Waals surface area contributed by atoms with Crippen LogP contribution in [0.15, 0.2) is 261 Å². The molecule has 416 valence electrons. The van der Waals surface area contributed by atoms with Crippen molar-refractivity contribution in [2.45, 2.75) is 111 Å². The van der Waals surface area contributed by atoms with Crippen LogP contribution in [0.2, 0.25) is 0 Å². The second-order valence-corrected chi connectivity index (χ2v) is 27.5. The van der Waals surface area contributed by atoms with Gasteiger partial charge in [0.15, 0.2) is 0 Å². The fourth-order valence-corrected chi connectivity index (χ4v) is 20.2. The van der Waals surface area contributed by atoms with E-state index < -0.39 is 0 Å². The summed E-state index contributed by atoms with van der Waals surface area (Å²) in [6.07, 6.45) is 10.3. The maximum Gasteiger partial charge on any atom is 0.0505 e. The van der Waals surface area contributed by atoms with E-state index in [2.05, 4.69) is 280 Å². The van der Waals surface area contributed by atoms with Gasteiger partial charge in [0, 0.05) is 33.0 Å². The number of anilines is 3. The normalized spacial score (nSPS) is 24.4. The molecule has 0 aliphatic heterocycles. The summed E-state index contributed by atoms with van der Waals surface area (Å²) in [5, 5.41) is 0. The van der Waals surface area contributed by atoms with E-state index in [1.807, 2.05) is 0 Å². The molecule has 0 heterocycles. The van der Waals surface area contributed by atoms with Crippen LogP contribution in [0, 0.1) is 5.92 Å². The molecule has 18 rings (SSSR count). The highest BCUT2D eigenvalue weighted by atomic mass is 15.1. The highest BCUT2D eigenvalue weighted by Crippen LogP contribution is 2.76. The molecule has 3 spiro atoms. The van der Waals surface area contributed by atoms with Crippen molar-refractivity contribution >= 4 is 17.1 Å². The lowest BCUT2D eigenvalue weighted by atomic mass is 9.44. The summed E-state index contributed by atoms with van der Waals surface area (Å²) >= 11 is 0. The maximum atomic E-state index is 2.77. The predicted molar refractivity (Wildman–Crippen MR) is 357 cm³/mol. The molecule has 7 unspecified atom stereocenters. The highest BCUT2D eigenvalue weighted by Gasteiger charge is 2.68. The van der Waals surface area contributed by atoms with Crippen LogP contribution in [0.1, 0.15) is 134 Å². The van der Waals surface area contributed by atoms with Crippen molar-refractivity contribution in [1.82, 2.24) is 0 Å². The summed E-state index contributed by atoms with van der Waals surface area (Å²) in [4.78, 5) is 2.77. The Kier molecular flexibility index (Phi) is 11.1. The SMILES string of the molecule is CC1(C)c2cc(-c3ccccc3)ccc2-c2ccc(N(c3cccc(-c4ccccc4)c3)c3cccc4c3C35CCC6CC7(CCC8CC(CC(CC3)c3ccccc3-4)(c3ccccc3-c3ccccc38)C75)c3ccccc3-c3ccccc36)cc21. The van der Waals surface area contributed by atoms with E-state index in [1.165, 1.54) is 107 Å². The molecule has 7 atom stereocenters. The third kappa shape index (κ3) is 7.12. The lowest BCUT2D eigenvalue weighted by Crippen LogP contribution is -2.56. The van der Waals surface area contributed by atoms with Gasteiger partial charge in [0.05, 0.1) is 5.69 Å². The van der Waals surface area contributed by atoms with Crippen molar-refractivity contribution in [3.05, 3.63) is 305 Å². The minimum atomic E-state index is -0.268. The van der Waals surface area contributed by atoms with Crippen LogP contribution in [0.3, 0.4) is 0 Å². The highest BCUT2D eigenvalue weighted by molar-refractivity contribution is 5.92. The van der Waals surface area contributed by atoms with Crippen molar-refractivity contribution in [2.24, 2.45) is 5.92 Å². The molecule has 0 N–H and O–H groups in total. The summed E-state index contributed by atoms with van der Waals surface area (Å²) in [6, 6.07) is 103. The molecular formula is C85H71N. The van der Waals surface area contributed by atoms with E-state index in [4.69, 9.17) is 0 Å². The third-order valence-electron chi connectivity index (χ3n) is 23.3. The molecule has 0 saturated heterocycles. The molecule has 0 aromatic heterocycles. The van der Waals surface area contributed by atoms with Crippen LogP contribution >= 0.6 is 0 Å². The van der Waals surface area contributed by atoms with Gasteiger partial charge in [0.2, 0.25) is 0 Å². The average Bonchev–Trinajstić information content (AvgIpc) is 1.47. The van der Waals surface area contributed by atoms with Gasteiger partial charge in [0.1, 0.15) is 0 Å². The van der Waals surface area contributed by atoms with Gasteiger partial charge >= 0.3 is 0 Å². The second kappa shape index (κ2) is 18.9. The van der Waals surface area contributed by atoms with Gasteiger partial charge < -0.3 is 4.90 Å². The van der Waals surface area contributed by atoms with Crippen LogP contribution < -0.4 is 4.90 Å². The van der Waals surface area contributed by atoms with Crippen LogP contribution in [-0.4, -0.2) is 0 Å². The summed E-state index contributed by atoms with van der Waals surface area (Å²) < 4.78 is 0. The number of benzene rings is 11. The topological polar surface area (TPSA) is 3.24 Å². The zero-order valence-electron chi connectivity index (χ0n) is 49.4. The molecule has 0 radical (unpaired) electrons. The van der Waals surface area contributed by atoms with Crippen LogP contribution in [-0.2, 0) is 21.7 Å². The van der Waals surface area contributed by atoms with Gasteiger partial charge in [-0.05, 0) is 229 Å². The maximum absolute atomic E-state index is 2.77. The summed E-state index contributed by atoms with van der Waals surface area (Å²) in [7, 11) is 0. The Morgan fingerprint density at radius 2 is 0.721 bits per heavy atom. The molecule has 11 aromatic carbocycles. The first-order valence-corrected chi connectivity index (χ1v) is 32.2. The van der Waals surface area contributed by atoms with Crippen molar-refractivity contribution in [1.29, 1.82) is 0 Å². The lowest BCUT2D eigenvalue weighted by molar-refractivity contribution is 0.0568.